The Morgan fingerprint density at radius 2 is 1.59 bits per heavy atom. The van der Waals surface area contributed by atoms with E-state index in [2.05, 4.69) is 20.6 Å². The SMILES string of the molecule is COc1ccccc1CCNc1nccc(NCCc2ccccc2F)n1. The van der Waals surface area contributed by atoms with E-state index in [1.165, 1.54) is 6.07 Å². The average molecular weight is 366 g/mol. The Balaban J connectivity index is 1.49. The van der Waals surface area contributed by atoms with E-state index in [9.17, 15) is 4.39 Å². The highest BCUT2D eigenvalue weighted by Gasteiger charge is 2.04. The second kappa shape index (κ2) is 9.52. The Bertz CT molecular complexity index is 872. The van der Waals surface area contributed by atoms with Crippen LogP contribution < -0.4 is 15.4 Å². The van der Waals surface area contributed by atoms with Gasteiger partial charge < -0.3 is 15.4 Å². The first kappa shape index (κ1) is 18.6. The summed E-state index contributed by atoms with van der Waals surface area (Å²) < 4.78 is 19.0. The molecule has 2 aromatic carbocycles. The van der Waals surface area contributed by atoms with Gasteiger partial charge in [0.05, 0.1) is 7.11 Å². The molecular weight excluding hydrogens is 343 g/mol. The second-order valence-electron chi connectivity index (χ2n) is 6.02. The van der Waals surface area contributed by atoms with Crippen LogP contribution in [0.3, 0.4) is 0 Å². The van der Waals surface area contributed by atoms with E-state index in [-0.39, 0.29) is 5.82 Å². The first-order chi connectivity index (χ1) is 13.3. The van der Waals surface area contributed by atoms with E-state index in [0.717, 1.165) is 17.7 Å². The van der Waals surface area contributed by atoms with Crippen molar-refractivity contribution in [3.63, 3.8) is 0 Å². The van der Waals surface area contributed by atoms with Gasteiger partial charge in [-0.1, -0.05) is 36.4 Å². The van der Waals surface area contributed by atoms with E-state index in [1.54, 1.807) is 31.5 Å². The van der Waals surface area contributed by atoms with Gasteiger partial charge >= 0.3 is 0 Å². The van der Waals surface area contributed by atoms with Crippen molar-refractivity contribution in [2.24, 2.45) is 0 Å². The number of benzene rings is 2. The van der Waals surface area contributed by atoms with Gasteiger partial charge in [-0.15, -0.1) is 0 Å². The van der Waals surface area contributed by atoms with Crippen LogP contribution in [0.25, 0.3) is 0 Å². The number of para-hydroxylation sites is 1. The molecule has 1 heterocycles. The fourth-order valence-electron chi connectivity index (χ4n) is 2.79. The third-order valence-electron chi connectivity index (χ3n) is 4.18. The lowest BCUT2D eigenvalue weighted by Gasteiger charge is -2.10. The molecule has 6 heteroatoms. The van der Waals surface area contributed by atoms with Gasteiger partial charge in [-0.05, 0) is 42.2 Å². The lowest BCUT2D eigenvalue weighted by molar-refractivity contribution is 0.410. The second-order valence-corrected chi connectivity index (χ2v) is 6.02. The zero-order chi connectivity index (χ0) is 18.9. The van der Waals surface area contributed by atoms with E-state index in [4.69, 9.17) is 4.74 Å². The lowest BCUT2D eigenvalue weighted by atomic mass is 10.1. The predicted octanol–water partition coefficient (Wildman–Crippen LogP) is 3.93. The Morgan fingerprint density at radius 1 is 0.889 bits per heavy atom. The van der Waals surface area contributed by atoms with E-state index < -0.39 is 0 Å². The average Bonchev–Trinajstić information content (AvgIpc) is 2.70. The number of hydrogen-bond donors (Lipinski definition) is 2. The molecule has 2 N–H and O–H groups in total. The zero-order valence-corrected chi connectivity index (χ0v) is 15.3. The Kier molecular flexibility index (Phi) is 6.57. The van der Waals surface area contributed by atoms with Crippen LogP contribution in [0.2, 0.25) is 0 Å². The molecule has 0 fully saturated rings. The van der Waals surface area contributed by atoms with Crippen molar-refractivity contribution >= 4 is 11.8 Å². The number of hydrogen-bond acceptors (Lipinski definition) is 5. The van der Waals surface area contributed by atoms with Gasteiger partial charge in [0.1, 0.15) is 17.4 Å². The number of nitrogens with zero attached hydrogens (tertiary/aromatic N) is 2. The molecule has 0 aliphatic carbocycles. The fraction of sp³-hybridized carbons (Fsp3) is 0.238. The molecule has 1 aromatic heterocycles. The van der Waals surface area contributed by atoms with Gasteiger partial charge in [-0.3, -0.25) is 0 Å². The van der Waals surface area contributed by atoms with Crippen LogP contribution in [0.1, 0.15) is 11.1 Å². The van der Waals surface area contributed by atoms with E-state index >= 15 is 0 Å². The largest absolute Gasteiger partial charge is 0.496 e. The maximum Gasteiger partial charge on any atom is 0.224 e. The minimum atomic E-state index is -0.180. The number of ether oxygens (including phenoxy) is 1. The van der Waals surface area contributed by atoms with Gasteiger partial charge in [-0.25, -0.2) is 9.37 Å². The van der Waals surface area contributed by atoms with Crippen molar-refractivity contribution in [1.29, 1.82) is 0 Å². The highest BCUT2D eigenvalue weighted by Crippen LogP contribution is 2.17. The lowest BCUT2D eigenvalue weighted by Crippen LogP contribution is -2.11. The topological polar surface area (TPSA) is 59.1 Å². The molecule has 0 saturated carbocycles. The van der Waals surface area contributed by atoms with Gasteiger partial charge in [0.15, 0.2) is 0 Å². The number of aromatic nitrogens is 2. The monoisotopic (exact) mass is 366 g/mol. The molecule has 5 nitrogen and oxygen atoms in total. The maximum atomic E-state index is 13.6. The molecule has 0 bridgehead atoms. The summed E-state index contributed by atoms with van der Waals surface area (Å²) in [4.78, 5) is 8.68. The Hall–Kier alpha value is -3.15. The van der Waals surface area contributed by atoms with Gasteiger partial charge in [0.25, 0.3) is 0 Å². The molecule has 0 aliphatic rings. The van der Waals surface area contributed by atoms with Crippen LogP contribution in [0, 0.1) is 5.82 Å². The summed E-state index contributed by atoms with van der Waals surface area (Å²) in [5.41, 5.74) is 1.82. The van der Waals surface area contributed by atoms with Crippen molar-refractivity contribution in [2.75, 3.05) is 30.8 Å². The van der Waals surface area contributed by atoms with Crippen LogP contribution in [0.4, 0.5) is 16.2 Å². The molecule has 0 saturated heterocycles. The molecule has 0 atom stereocenters. The fourth-order valence-corrected chi connectivity index (χ4v) is 2.79. The van der Waals surface area contributed by atoms with Crippen molar-refractivity contribution < 1.29 is 9.13 Å². The third kappa shape index (κ3) is 5.41. The first-order valence-electron chi connectivity index (χ1n) is 8.92. The van der Waals surface area contributed by atoms with Crippen molar-refractivity contribution in [1.82, 2.24) is 9.97 Å². The number of anilines is 2. The normalized spacial score (nSPS) is 10.4. The molecule has 0 radical (unpaired) electrons. The summed E-state index contributed by atoms with van der Waals surface area (Å²) in [6.07, 6.45) is 3.09. The molecule has 0 spiro atoms. The molecule has 3 rings (SSSR count). The first-order valence-corrected chi connectivity index (χ1v) is 8.92. The van der Waals surface area contributed by atoms with Crippen molar-refractivity contribution in [2.45, 2.75) is 12.8 Å². The molecule has 140 valence electrons. The Morgan fingerprint density at radius 3 is 2.41 bits per heavy atom. The predicted molar refractivity (Wildman–Crippen MR) is 106 cm³/mol. The molecule has 0 aliphatic heterocycles. The van der Waals surface area contributed by atoms with Crippen LogP contribution in [-0.2, 0) is 12.8 Å². The van der Waals surface area contributed by atoms with E-state index in [0.29, 0.717) is 36.8 Å². The maximum absolute atomic E-state index is 13.6. The van der Waals surface area contributed by atoms with Crippen LogP contribution in [0.15, 0.2) is 60.8 Å². The number of methoxy groups -OCH3 is 1. The summed E-state index contributed by atoms with van der Waals surface area (Å²) in [5.74, 6) is 1.96. The van der Waals surface area contributed by atoms with Crippen molar-refractivity contribution in [3.8, 4) is 5.75 Å². The highest BCUT2D eigenvalue weighted by molar-refractivity contribution is 5.40. The number of nitrogens with one attached hydrogen (secondary N) is 2. The highest BCUT2D eigenvalue weighted by atomic mass is 19.1. The van der Waals surface area contributed by atoms with Gasteiger partial charge in [0.2, 0.25) is 5.95 Å². The molecule has 27 heavy (non-hydrogen) atoms. The minimum absolute atomic E-state index is 0.180. The molecule has 0 unspecified atom stereocenters. The summed E-state index contributed by atoms with van der Waals surface area (Å²) in [5, 5.41) is 6.43. The van der Waals surface area contributed by atoms with Gasteiger partial charge in [-0.2, -0.15) is 4.98 Å². The summed E-state index contributed by atoms with van der Waals surface area (Å²) in [7, 11) is 1.67. The molecule has 3 aromatic rings. The van der Waals surface area contributed by atoms with Crippen LogP contribution in [0.5, 0.6) is 5.75 Å². The Labute approximate surface area is 158 Å². The molecular formula is C21H23FN4O. The van der Waals surface area contributed by atoms with Crippen molar-refractivity contribution in [3.05, 3.63) is 77.7 Å². The quantitative estimate of drug-likeness (QED) is 0.601. The third-order valence-corrected chi connectivity index (χ3v) is 4.18. The van der Waals surface area contributed by atoms with Gasteiger partial charge in [0, 0.05) is 19.3 Å². The van der Waals surface area contributed by atoms with Crippen LogP contribution in [-0.4, -0.2) is 30.2 Å². The standard InChI is InChI=1S/C21H23FN4O/c1-27-19-9-5-3-7-17(19)11-14-24-21-25-15-12-20(26-21)23-13-10-16-6-2-4-8-18(16)22/h2-9,12,15H,10-11,13-14H2,1H3,(H2,23,24,25,26). The smallest absolute Gasteiger partial charge is 0.224 e. The minimum Gasteiger partial charge on any atom is -0.496 e. The zero-order valence-electron chi connectivity index (χ0n) is 15.3. The summed E-state index contributed by atoms with van der Waals surface area (Å²) in [6, 6.07) is 16.5. The van der Waals surface area contributed by atoms with E-state index in [1.807, 2.05) is 30.3 Å². The number of rotatable bonds is 9. The summed E-state index contributed by atoms with van der Waals surface area (Å²) >= 11 is 0. The number of halogens is 1. The molecule has 0 amide bonds. The van der Waals surface area contributed by atoms with Crippen LogP contribution >= 0.6 is 0 Å². The summed E-state index contributed by atoms with van der Waals surface area (Å²) in [6.45, 7) is 1.29.